The van der Waals surface area contributed by atoms with Gasteiger partial charge in [0.15, 0.2) is 5.03 Å². The first-order valence-electron chi connectivity index (χ1n) is 7.75. The summed E-state index contributed by atoms with van der Waals surface area (Å²) in [6.07, 6.45) is 0. The lowest BCUT2D eigenvalue weighted by molar-refractivity contribution is -0.121. The van der Waals surface area contributed by atoms with Crippen LogP contribution in [-0.4, -0.2) is 42.7 Å². The van der Waals surface area contributed by atoms with E-state index in [0.717, 1.165) is 14.3 Å². The van der Waals surface area contributed by atoms with Gasteiger partial charge in [-0.2, -0.15) is 4.31 Å². The Bertz CT molecular complexity index is 833. The second-order valence-corrected chi connectivity index (χ2v) is 9.31. The van der Waals surface area contributed by atoms with E-state index in [1.54, 1.807) is 6.92 Å². The van der Waals surface area contributed by atoms with Crippen molar-refractivity contribution < 1.29 is 13.2 Å². The highest BCUT2D eigenvalue weighted by Crippen LogP contribution is 2.28. The van der Waals surface area contributed by atoms with E-state index in [-0.39, 0.29) is 30.1 Å². The van der Waals surface area contributed by atoms with Crippen LogP contribution in [0.5, 0.6) is 0 Å². The number of carbonyl (C=O) groups is 1. The van der Waals surface area contributed by atoms with Crippen molar-refractivity contribution in [3.05, 3.63) is 34.1 Å². The van der Waals surface area contributed by atoms with Gasteiger partial charge in [0, 0.05) is 28.0 Å². The molecule has 2 aromatic rings. The van der Waals surface area contributed by atoms with Crippen LogP contribution in [0.3, 0.4) is 0 Å². The second kappa shape index (κ2) is 8.39. The third kappa shape index (κ3) is 5.10. The molecule has 0 unspecified atom stereocenters. The van der Waals surface area contributed by atoms with Gasteiger partial charge < -0.3 is 5.32 Å². The lowest BCUT2D eigenvalue weighted by Crippen LogP contribution is -2.42. The third-order valence-electron chi connectivity index (χ3n) is 3.30. The number of nitrogens with one attached hydrogen (secondary N) is 1. The highest BCUT2D eigenvalue weighted by Gasteiger charge is 2.28. The molecule has 0 bridgehead atoms. The number of thiazole rings is 1. The number of rotatable bonds is 7. The molecule has 2 rings (SSSR count). The Morgan fingerprint density at radius 2 is 1.96 bits per heavy atom. The van der Waals surface area contributed by atoms with Gasteiger partial charge in [-0.1, -0.05) is 35.0 Å². The van der Waals surface area contributed by atoms with Gasteiger partial charge in [0.2, 0.25) is 5.91 Å². The first-order chi connectivity index (χ1) is 11.7. The summed E-state index contributed by atoms with van der Waals surface area (Å²) >= 11 is 4.63. The summed E-state index contributed by atoms with van der Waals surface area (Å²) in [4.78, 5) is 16.2. The number of carbonyl (C=O) groups excluding carboxylic acids is 1. The number of sulfonamides is 1. The molecule has 6 nitrogen and oxygen atoms in total. The second-order valence-electron chi connectivity index (χ2n) is 5.65. The SMILES string of the molecule is CCN(CC(=O)NC(C)C)S(=O)(=O)c1csc(-c2ccc(Br)cc2)n1. The molecular weight excluding hydrogens is 426 g/mol. The molecule has 1 aromatic heterocycles. The Morgan fingerprint density at radius 1 is 1.32 bits per heavy atom. The highest BCUT2D eigenvalue weighted by atomic mass is 79.9. The van der Waals surface area contributed by atoms with Crippen LogP contribution in [0.25, 0.3) is 10.6 Å². The van der Waals surface area contributed by atoms with E-state index in [9.17, 15) is 13.2 Å². The summed E-state index contributed by atoms with van der Waals surface area (Å²) in [5.41, 5.74) is 0.843. The van der Waals surface area contributed by atoms with Gasteiger partial charge >= 0.3 is 0 Å². The molecule has 0 radical (unpaired) electrons. The standard InChI is InChI=1S/C16H20BrN3O3S2/c1-4-20(9-14(21)18-11(2)3)25(22,23)15-10-24-16(19-15)12-5-7-13(17)8-6-12/h5-8,10-11H,4,9H2,1-3H3,(H,18,21). The Balaban J connectivity index is 2.23. The van der Waals surface area contributed by atoms with E-state index in [0.29, 0.717) is 5.01 Å². The van der Waals surface area contributed by atoms with Gasteiger partial charge in [0.1, 0.15) is 5.01 Å². The van der Waals surface area contributed by atoms with Gasteiger partial charge in [-0.05, 0) is 26.0 Å². The molecule has 1 N–H and O–H groups in total. The fraction of sp³-hybridized carbons (Fsp3) is 0.375. The monoisotopic (exact) mass is 445 g/mol. The lowest BCUT2D eigenvalue weighted by Gasteiger charge is -2.19. The average Bonchev–Trinajstić information content (AvgIpc) is 3.03. The molecule has 0 aliphatic rings. The third-order valence-corrected chi connectivity index (χ3v) is 6.67. The van der Waals surface area contributed by atoms with Crippen molar-refractivity contribution in [3.63, 3.8) is 0 Å². The molecule has 0 saturated carbocycles. The van der Waals surface area contributed by atoms with Crippen LogP contribution in [0.15, 0.2) is 39.1 Å². The number of aromatic nitrogens is 1. The van der Waals surface area contributed by atoms with E-state index < -0.39 is 10.0 Å². The largest absolute Gasteiger partial charge is 0.353 e. The van der Waals surface area contributed by atoms with Gasteiger partial charge in [-0.15, -0.1) is 11.3 Å². The number of nitrogens with zero attached hydrogens (tertiary/aromatic N) is 2. The van der Waals surface area contributed by atoms with Crippen LogP contribution in [0.2, 0.25) is 0 Å². The van der Waals surface area contributed by atoms with Gasteiger partial charge in [-0.3, -0.25) is 4.79 Å². The molecule has 0 spiro atoms. The number of amides is 1. The molecule has 136 valence electrons. The Labute approximate surface area is 160 Å². The molecule has 0 aliphatic carbocycles. The number of hydrogen-bond donors (Lipinski definition) is 1. The zero-order valence-electron chi connectivity index (χ0n) is 14.2. The Kier molecular flexibility index (Phi) is 6.72. The maximum Gasteiger partial charge on any atom is 0.261 e. The van der Waals surface area contributed by atoms with Gasteiger partial charge in [0.05, 0.1) is 6.54 Å². The molecule has 9 heteroatoms. The van der Waals surface area contributed by atoms with Gasteiger partial charge in [0.25, 0.3) is 10.0 Å². The summed E-state index contributed by atoms with van der Waals surface area (Å²) in [7, 11) is -3.81. The van der Waals surface area contributed by atoms with Crippen molar-refractivity contribution in [2.24, 2.45) is 0 Å². The fourth-order valence-corrected chi connectivity index (χ4v) is 4.87. The molecule has 0 atom stereocenters. The summed E-state index contributed by atoms with van der Waals surface area (Å²) < 4.78 is 27.6. The molecular formula is C16H20BrN3O3S2. The Hall–Kier alpha value is -1.29. The highest BCUT2D eigenvalue weighted by molar-refractivity contribution is 9.10. The van der Waals surface area contributed by atoms with E-state index in [2.05, 4.69) is 26.2 Å². The topological polar surface area (TPSA) is 79.4 Å². The zero-order chi connectivity index (χ0) is 18.6. The van der Waals surface area contributed by atoms with Crippen molar-refractivity contribution in [2.75, 3.05) is 13.1 Å². The van der Waals surface area contributed by atoms with Crippen LogP contribution < -0.4 is 5.32 Å². The predicted octanol–water partition coefficient (Wildman–Crippen LogP) is 3.11. The summed E-state index contributed by atoms with van der Waals surface area (Å²) in [6, 6.07) is 7.44. The average molecular weight is 446 g/mol. The van der Waals surface area contributed by atoms with Crippen molar-refractivity contribution in [3.8, 4) is 10.6 Å². The zero-order valence-corrected chi connectivity index (χ0v) is 17.4. The quantitative estimate of drug-likeness (QED) is 0.709. The molecule has 1 heterocycles. The van der Waals surface area contributed by atoms with Crippen LogP contribution in [0.4, 0.5) is 0 Å². The van der Waals surface area contributed by atoms with Crippen molar-refractivity contribution in [2.45, 2.75) is 31.8 Å². The van der Waals surface area contributed by atoms with E-state index >= 15 is 0 Å². The first kappa shape index (κ1) is 20.0. The number of hydrogen-bond acceptors (Lipinski definition) is 5. The minimum absolute atomic E-state index is 0.0328. The number of halogens is 1. The lowest BCUT2D eigenvalue weighted by atomic mass is 10.2. The Morgan fingerprint density at radius 3 is 2.52 bits per heavy atom. The van der Waals surface area contributed by atoms with E-state index in [1.165, 1.54) is 16.7 Å². The maximum absolute atomic E-state index is 12.8. The summed E-state index contributed by atoms with van der Waals surface area (Å²) in [6.45, 7) is 5.32. The molecule has 1 amide bonds. The van der Waals surface area contributed by atoms with Crippen LogP contribution >= 0.6 is 27.3 Å². The normalized spacial score (nSPS) is 11.9. The minimum atomic E-state index is -3.81. The van der Waals surface area contributed by atoms with Crippen molar-refractivity contribution in [1.82, 2.24) is 14.6 Å². The molecule has 0 aliphatic heterocycles. The molecule has 0 fully saturated rings. The van der Waals surface area contributed by atoms with Crippen molar-refractivity contribution >= 4 is 43.2 Å². The van der Waals surface area contributed by atoms with Crippen LogP contribution in [-0.2, 0) is 14.8 Å². The van der Waals surface area contributed by atoms with Crippen LogP contribution in [0, 0.1) is 0 Å². The summed E-state index contributed by atoms with van der Waals surface area (Å²) in [5, 5.41) is 4.80. The number of likely N-dealkylation sites (N-methyl/N-ethyl adjacent to an activating group) is 1. The summed E-state index contributed by atoms with van der Waals surface area (Å²) in [5.74, 6) is -0.330. The molecule has 0 saturated heterocycles. The number of benzene rings is 1. The fourth-order valence-electron chi connectivity index (χ4n) is 2.13. The van der Waals surface area contributed by atoms with Crippen LogP contribution in [0.1, 0.15) is 20.8 Å². The van der Waals surface area contributed by atoms with Gasteiger partial charge in [-0.25, -0.2) is 13.4 Å². The smallest absolute Gasteiger partial charge is 0.261 e. The first-order valence-corrected chi connectivity index (χ1v) is 10.9. The molecule has 25 heavy (non-hydrogen) atoms. The van der Waals surface area contributed by atoms with E-state index in [1.807, 2.05) is 38.1 Å². The van der Waals surface area contributed by atoms with E-state index in [4.69, 9.17) is 0 Å². The predicted molar refractivity (Wildman–Crippen MR) is 103 cm³/mol. The maximum atomic E-state index is 12.8. The molecule has 1 aromatic carbocycles. The minimum Gasteiger partial charge on any atom is -0.353 e. The van der Waals surface area contributed by atoms with Crippen molar-refractivity contribution in [1.29, 1.82) is 0 Å².